The van der Waals surface area contributed by atoms with Gasteiger partial charge in [-0.1, -0.05) is 11.6 Å². The lowest BCUT2D eigenvalue weighted by atomic mass is 10.3. The Labute approximate surface area is 142 Å². The SMILES string of the molecule is Clc1ccc(-n2ncc3c(N4CCOCC4)nc(Cl)nc32)cc1. The average molecular weight is 350 g/mol. The van der Waals surface area contributed by atoms with E-state index in [2.05, 4.69) is 20.0 Å². The van der Waals surface area contributed by atoms with Crippen molar-refractivity contribution in [3.8, 4) is 5.69 Å². The fourth-order valence-corrected chi connectivity index (χ4v) is 2.94. The molecule has 1 saturated heterocycles. The summed E-state index contributed by atoms with van der Waals surface area (Å²) in [5, 5.41) is 6.19. The molecule has 0 aliphatic carbocycles. The van der Waals surface area contributed by atoms with Gasteiger partial charge in [-0.3, -0.25) is 0 Å². The van der Waals surface area contributed by atoms with Gasteiger partial charge in [0.1, 0.15) is 5.82 Å². The van der Waals surface area contributed by atoms with Crippen LogP contribution in [0.1, 0.15) is 0 Å². The Hall–Kier alpha value is -1.89. The highest BCUT2D eigenvalue weighted by Gasteiger charge is 2.20. The molecular formula is C15H13Cl2N5O. The lowest BCUT2D eigenvalue weighted by Crippen LogP contribution is -2.36. The lowest BCUT2D eigenvalue weighted by Gasteiger charge is -2.28. The maximum Gasteiger partial charge on any atom is 0.226 e. The summed E-state index contributed by atoms with van der Waals surface area (Å²) in [5.41, 5.74) is 1.54. The fourth-order valence-electron chi connectivity index (χ4n) is 2.65. The number of morpholine rings is 1. The van der Waals surface area contributed by atoms with Crippen LogP contribution in [0, 0.1) is 0 Å². The van der Waals surface area contributed by atoms with Crippen LogP contribution in [-0.2, 0) is 4.74 Å². The summed E-state index contributed by atoms with van der Waals surface area (Å²) in [6.45, 7) is 2.89. The molecule has 0 atom stereocenters. The molecule has 1 fully saturated rings. The number of fused-ring (bicyclic) bond motifs is 1. The third kappa shape index (κ3) is 2.73. The zero-order valence-corrected chi connectivity index (χ0v) is 13.6. The standard InChI is InChI=1S/C15H13Cl2N5O/c16-10-1-3-11(4-2-10)22-14-12(9-18-22)13(19-15(17)20-14)21-5-7-23-8-6-21/h1-4,9H,5-8H2. The predicted octanol–water partition coefficient (Wildman–Crippen LogP) is 2.96. The van der Waals surface area contributed by atoms with Crippen LogP contribution >= 0.6 is 23.2 Å². The van der Waals surface area contributed by atoms with Crippen molar-refractivity contribution in [1.82, 2.24) is 19.7 Å². The molecule has 3 aromatic rings. The Morgan fingerprint density at radius 3 is 2.48 bits per heavy atom. The molecule has 4 rings (SSSR count). The minimum atomic E-state index is 0.203. The van der Waals surface area contributed by atoms with Crippen molar-refractivity contribution in [1.29, 1.82) is 0 Å². The first-order valence-electron chi connectivity index (χ1n) is 7.22. The van der Waals surface area contributed by atoms with E-state index in [1.165, 1.54) is 0 Å². The van der Waals surface area contributed by atoms with Crippen molar-refractivity contribution < 1.29 is 4.74 Å². The highest BCUT2D eigenvalue weighted by Crippen LogP contribution is 2.27. The third-order valence-electron chi connectivity index (χ3n) is 3.76. The highest BCUT2D eigenvalue weighted by atomic mass is 35.5. The smallest absolute Gasteiger partial charge is 0.226 e. The zero-order chi connectivity index (χ0) is 15.8. The minimum Gasteiger partial charge on any atom is -0.378 e. The summed E-state index contributed by atoms with van der Waals surface area (Å²) in [4.78, 5) is 10.9. The molecule has 2 aromatic heterocycles. The maximum absolute atomic E-state index is 6.14. The summed E-state index contributed by atoms with van der Waals surface area (Å²) in [7, 11) is 0. The van der Waals surface area contributed by atoms with Gasteiger partial charge in [-0.15, -0.1) is 0 Å². The average Bonchev–Trinajstić information content (AvgIpc) is 2.99. The van der Waals surface area contributed by atoms with E-state index < -0.39 is 0 Å². The molecule has 3 heterocycles. The van der Waals surface area contributed by atoms with E-state index >= 15 is 0 Å². The van der Waals surface area contributed by atoms with Gasteiger partial charge in [0.15, 0.2) is 5.65 Å². The van der Waals surface area contributed by atoms with Gasteiger partial charge in [0.2, 0.25) is 5.28 Å². The van der Waals surface area contributed by atoms with E-state index in [0.29, 0.717) is 23.9 Å². The van der Waals surface area contributed by atoms with Crippen LogP contribution in [0.5, 0.6) is 0 Å². The van der Waals surface area contributed by atoms with Crippen LogP contribution in [-0.4, -0.2) is 46.1 Å². The molecule has 0 unspecified atom stereocenters. The lowest BCUT2D eigenvalue weighted by molar-refractivity contribution is 0.122. The molecule has 0 spiro atoms. The zero-order valence-electron chi connectivity index (χ0n) is 12.1. The Morgan fingerprint density at radius 1 is 1.00 bits per heavy atom. The molecule has 8 heteroatoms. The van der Waals surface area contributed by atoms with Crippen molar-refractivity contribution in [3.05, 3.63) is 40.8 Å². The first-order valence-corrected chi connectivity index (χ1v) is 7.98. The molecule has 1 aliphatic rings. The van der Waals surface area contributed by atoms with Crippen LogP contribution in [0.2, 0.25) is 10.3 Å². The Bertz CT molecular complexity index is 843. The van der Waals surface area contributed by atoms with Gasteiger partial charge < -0.3 is 9.64 Å². The normalized spacial score (nSPS) is 15.3. The van der Waals surface area contributed by atoms with Crippen LogP contribution in [0.3, 0.4) is 0 Å². The largest absolute Gasteiger partial charge is 0.378 e. The molecular weight excluding hydrogens is 337 g/mol. The van der Waals surface area contributed by atoms with Crippen molar-refractivity contribution in [2.24, 2.45) is 0 Å². The van der Waals surface area contributed by atoms with Crippen molar-refractivity contribution >= 4 is 40.1 Å². The number of benzene rings is 1. The van der Waals surface area contributed by atoms with Gasteiger partial charge in [0.25, 0.3) is 0 Å². The molecule has 0 saturated carbocycles. The van der Waals surface area contributed by atoms with E-state index in [1.54, 1.807) is 10.9 Å². The minimum absolute atomic E-state index is 0.203. The number of halogens is 2. The summed E-state index contributed by atoms with van der Waals surface area (Å²) in [5.74, 6) is 0.795. The third-order valence-corrected chi connectivity index (χ3v) is 4.18. The van der Waals surface area contributed by atoms with Crippen LogP contribution in [0.15, 0.2) is 30.5 Å². The molecule has 0 radical (unpaired) electrons. The number of anilines is 1. The molecule has 6 nitrogen and oxygen atoms in total. The number of aromatic nitrogens is 4. The highest BCUT2D eigenvalue weighted by molar-refractivity contribution is 6.30. The summed E-state index contributed by atoms with van der Waals surface area (Å²) in [6.07, 6.45) is 1.77. The Morgan fingerprint density at radius 2 is 1.74 bits per heavy atom. The van der Waals surface area contributed by atoms with E-state index in [0.717, 1.165) is 30.0 Å². The number of hydrogen-bond donors (Lipinski definition) is 0. The van der Waals surface area contributed by atoms with Crippen LogP contribution in [0.25, 0.3) is 16.7 Å². The van der Waals surface area contributed by atoms with E-state index in [9.17, 15) is 0 Å². The first kappa shape index (κ1) is 14.7. The summed E-state index contributed by atoms with van der Waals surface area (Å²) >= 11 is 12.1. The van der Waals surface area contributed by atoms with Gasteiger partial charge in [0, 0.05) is 18.1 Å². The van der Waals surface area contributed by atoms with Gasteiger partial charge in [-0.05, 0) is 35.9 Å². The molecule has 0 amide bonds. The van der Waals surface area contributed by atoms with E-state index in [1.807, 2.05) is 24.3 Å². The van der Waals surface area contributed by atoms with Crippen molar-refractivity contribution in [2.45, 2.75) is 0 Å². The summed E-state index contributed by atoms with van der Waals surface area (Å²) in [6, 6.07) is 7.41. The second-order valence-electron chi connectivity index (χ2n) is 5.19. The summed E-state index contributed by atoms with van der Waals surface area (Å²) < 4.78 is 7.14. The van der Waals surface area contributed by atoms with Crippen LogP contribution < -0.4 is 4.90 Å². The van der Waals surface area contributed by atoms with Gasteiger partial charge in [0.05, 0.1) is 30.5 Å². The predicted molar refractivity (Wildman–Crippen MR) is 89.7 cm³/mol. The first-order chi connectivity index (χ1) is 11.2. The molecule has 118 valence electrons. The Kier molecular flexibility index (Phi) is 3.80. The van der Waals surface area contributed by atoms with E-state index in [-0.39, 0.29) is 5.28 Å². The number of ether oxygens (including phenoxy) is 1. The molecule has 23 heavy (non-hydrogen) atoms. The van der Waals surface area contributed by atoms with E-state index in [4.69, 9.17) is 27.9 Å². The number of hydrogen-bond acceptors (Lipinski definition) is 5. The van der Waals surface area contributed by atoms with Gasteiger partial charge in [-0.25, -0.2) is 4.68 Å². The number of nitrogens with zero attached hydrogens (tertiary/aromatic N) is 5. The Balaban J connectivity index is 1.85. The molecule has 0 N–H and O–H groups in total. The van der Waals surface area contributed by atoms with Gasteiger partial charge in [-0.2, -0.15) is 15.1 Å². The van der Waals surface area contributed by atoms with Gasteiger partial charge >= 0.3 is 0 Å². The van der Waals surface area contributed by atoms with Crippen molar-refractivity contribution in [2.75, 3.05) is 31.2 Å². The second-order valence-corrected chi connectivity index (χ2v) is 5.96. The second kappa shape index (κ2) is 5.96. The van der Waals surface area contributed by atoms with Crippen molar-refractivity contribution in [3.63, 3.8) is 0 Å². The molecule has 0 bridgehead atoms. The molecule has 1 aromatic carbocycles. The topological polar surface area (TPSA) is 56.1 Å². The number of rotatable bonds is 2. The maximum atomic E-state index is 6.14. The fraction of sp³-hybridized carbons (Fsp3) is 0.267. The van der Waals surface area contributed by atoms with Crippen LogP contribution in [0.4, 0.5) is 5.82 Å². The molecule has 1 aliphatic heterocycles. The quantitative estimate of drug-likeness (QED) is 0.665. The monoisotopic (exact) mass is 349 g/mol.